The van der Waals surface area contributed by atoms with E-state index in [0.29, 0.717) is 0 Å². The van der Waals surface area contributed by atoms with Gasteiger partial charge in [-0.05, 0) is 26.2 Å². The standard InChI is InChI=1S/C13H22N4/c1-3-4-7-14-12-10-11(2)15-13(16-12)17-8-5-6-9-17/h10H,3-9H2,1-2H3,(H,14,15,16). The third-order valence-electron chi connectivity index (χ3n) is 3.07. The average Bonchev–Trinajstić information content (AvgIpc) is 2.82. The monoisotopic (exact) mass is 234 g/mol. The third kappa shape index (κ3) is 3.32. The first-order valence-electron chi connectivity index (χ1n) is 6.64. The van der Waals surface area contributed by atoms with E-state index in [2.05, 4.69) is 27.1 Å². The van der Waals surface area contributed by atoms with E-state index in [1.54, 1.807) is 0 Å². The van der Waals surface area contributed by atoms with Gasteiger partial charge >= 0.3 is 0 Å². The second-order valence-electron chi connectivity index (χ2n) is 4.67. The summed E-state index contributed by atoms with van der Waals surface area (Å²) in [4.78, 5) is 11.4. The van der Waals surface area contributed by atoms with Crippen LogP contribution in [0.5, 0.6) is 0 Å². The molecule has 0 aromatic carbocycles. The normalized spacial score (nSPS) is 15.3. The Morgan fingerprint density at radius 2 is 2.06 bits per heavy atom. The number of aromatic nitrogens is 2. The second kappa shape index (κ2) is 5.84. The van der Waals surface area contributed by atoms with Crippen molar-refractivity contribution in [2.75, 3.05) is 29.9 Å². The molecule has 2 rings (SSSR count). The molecule has 1 aromatic rings. The van der Waals surface area contributed by atoms with Gasteiger partial charge < -0.3 is 10.2 Å². The number of nitrogens with zero attached hydrogens (tertiary/aromatic N) is 3. The molecule has 0 radical (unpaired) electrons. The lowest BCUT2D eigenvalue weighted by atomic mass is 10.3. The maximum absolute atomic E-state index is 4.59. The maximum Gasteiger partial charge on any atom is 0.227 e. The van der Waals surface area contributed by atoms with Gasteiger partial charge in [-0.25, -0.2) is 4.98 Å². The van der Waals surface area contributed by atoms with Crippen LogP contribution in [0.15, 0.2) is 6.07 Å². The van der Waals surface area contributed by atoms with E-state index in [1.165, 1.54) is 25.7 Å². The van der Waals surface area contributed by atoms with Crippen LogP contribution in [-0.4, -0.2) is 29.6 Å². The highest BCUT2D eigenvalue weighted by atomic mass is 15.3. The predicted octanol–water partition coefficient (Wildman–Crippen LogP) is 2.60. The summed E-state index contributed by atoms with van der Waals surface area (Å²) < 4.78 is 0. The highest BCUT2D eigenvalue weighted by Gasteiger charge is 2.15. The van der Waals surface area contributed by atoms with Crippen LogP contribution in [-0.2, 0) is 0 Å². The Hall–Kier alpha value is -1.32. The molecule has 0 spiro atoms. The molecule has 1 N–H and O–H groups in total. The van der Waals surface area contributed by atoms with Crippen LogP contribution in [0.1, 0.15) is 38.3 Å². The fourth-order valence-electron chi connectivity index (χ4n) is 2.10. The molecule has 1 fully saturated rings. The zero-order valence-electron chi connectivity index (χ0n) is 10.9. The van der Waals surface area contributed by atoms with Crippen molar-refractivity contribution in [2.45, 2.75) is 39.5 Å². The molecule has 0 atom stereocenters. The molecule has 0 aliphatic carbocycles. The van der Waals surface area contributed by atoms with Gasteiger partial charge in [0.2, 0.25) is 5.95 Å². The Morgan fingerprint density at radius 3 is 2.76 bits per heavy atom. The molecule has 1 aliphatic rings. The van der Waals surface area contributed by atoms with Gasteiger partial charge in [0, 0.05) is 31.4 Å². The van der Waals surface area contributed by atoms with Gasteiger partial charge in [-0.15, -0.1) is 0 Å². The molecule has 4 heteroatoms. The molecule has 17 heavy (non-hydrogen) atoms. The van der Waals surface area contributed by atoms with Crippen LogP contribution in [0.2, 0.25) is 0 Å². The van der Waals surface area contributed by atoms with Crippen LogP contribution in [0.3, 0.4) is 0 Å². The molecule has 0 amide bonds. The van der Waals surface area contributed by atoms with Crippen molar-refractivity contribution in [3.05, 3.63) is 11.8 Å². The number of nitrogens with one attached hydrogen (secondary N) is 1. The fraction of sp³-hybridized carbons (Fsp3) is 0.692. The van der Waals surface area contributed by atoms with Crippen LogP contribution in [0.4, 0.5) is 11.8 Å². The molecule has 2 heterocycles. The summed E-state index contributed by atoms with van der Waals surface area (Å²) in [5.41, 5.74) is 1.04. The van der Waals surface area contributed by atoms with E-state index in [1.807, 2.05) is 13.0 Å². The maximum atomic E-state index is 4.59. The summed E-state index contributed by atoms with van der Waals surface area (Å²) in [5, 5.41) is 3.37. The molecular formula is C13H22N4. The van der Waals surface area contributed by atoms with Gasteiger partial charge in [-0.1, -0.05) is 13.3 Å². The number of rotatable bonds is 5. The summed E-state index contributed by atoms with van der Waals surface area (Å²) in [6.07, 6.45) is 4.91. The highest BCUT2D eigenvalue weighted by molar-refractivity contribution is 5.44. The van der Waals surface area contributed by atoms with Crippen LogP contribution >= 0.6 is 0 Å². The summed E-state index contributed by atoms with van der Waals surface area (Å²) >= 11 is 0. The summed E-state index contributed by atoms with van der Waals surface area (Å²) in [5.74, 6) is 1.86. The van der Waals surface area contributed by atoms with Gasteiger partial charge in [0.25, 0.3) is 0 Å². The van der Waals surface area contributed by atoms with E-state index in [4.69, 9.17) is 0 Å². The van der Waals surface area contributed by atoms with Gasteiger partial charge in [0.05, 0.1) is 0 Å². The van der Waals surface area contributed by atoms with Gasteiger partial charge in [-0.2, -0.15) is 4.98 Å². The summed E-state index contributed by atoms with van der Waals surface area (Å²) in [7, 11) is 0. The van der Waals surface area contributed by atoms with Crippen molar-refractivity contribution in [1.82, 2.24) is 9.97 Å². The number of hydrogen-bond donors (Lipinski definition) is 1. The number of anilines is 2. The van der Waals surface area contributed by atoms with Gasteiger partial charge in [-0.3, -0.25) is 0 Å². The minimum atomic E-state index is 0.890. The minimum Gasteiger partial charge on any atom is -0.370 e. The zero-order valence-corrected chi connectivity index (χ0v) is 10.9. The molecular weight excluding hydrogens is 212 g/mol. The third-order valence-corrected chi connectivity index (χ3v) is 3.07. The van der Waals surface area contributed by atoms with E-state index < -0.39 is 0 Å². The Balaban J connectivity index is 2.05. The lowest BCUT2D eigenvalue weighted by Gasteiger charge is -2.16. The van der Waals surface area contributed by atoms with Crippen molar-refractivity contribution in [3.8, 4) is 0 Å². The first kappa shape index (κ1) is 12.1. The molecule has 0 unspecified atom stereocenters. The molecule has 1 aromatic heterocycles. The second-order valence-corrected chi connectivity index (χ2v) is 4.67. The van der Waals surface area contributed by atoms with E-state index >= 15 is 0 Å². The Labute approximate surface area is 103 Å². The number of hydrogen-bond acceptors (Lipinski definition) is 4. The molecule has 1 saturated heterocycles. The first-order chi connectivity index (χ1) is 8.29. The zero-order chi connectivity index (χ0) is 12.1. The van der Waals surface area contributed by atoms with Gasteiger partial charge in [0.15, 0.2) is 0 Å². The fourth-order valence-corrected chi connectivity index (χ4v) is 2.10. The Morgan fingerprint density at radius 1 is 1.29 bits per heavy atom. The van der Waals surface area contributed by atoms with Crippen molar-refractivity contribution >= 4 is 11.8 Å². The molecule has 4 nitrogen and oxygen atoms in total. The number of unbranched alkanes of at least 4 members (excludes halogenated alkanes) is 1. The first-order valence-corrected chi connectivity index (χ1v) is 6.64. The van der Waals surface area contributed by atoms with Crippen LogP contribution in [0.25, 0.3) is 0 Å². The Kier molecular flexibility index (Phi) is 4.18. The Bertz CT molecular complexity index is 358. The minimum absolute atomic E-state index is 0.890. The summed E-state index contributed by atoms with van der Waals surface area (Å²) in [6, 6.07) is 2.02. The van der Waals surface area contributed by atoms with Crippen LogP contribution in [0, 0.1) is 6.92 Å². The summed E-state index contributed by atoms with van der Waals surface area (Å²) in [6.45, 7) is 7.41. The smallest absolute Gasteiger partial charge is 0.227 e. The quantitative estimate of drug-likeness (QED) is 0.795. The molecule has 0 bridgehead atoms. The van der Waals surface area contributed by atoms with E-state index in [9.17, 15) is 0 Å². The van der Waals surface area contributed by atoms with Gasteiger partial charge in [0.1, 0.15) is 5.82 Å². The molecule has 94 valence electrons. The predicted molar refractivity (Wildman–Crippen MR) is 71.6 cm³/mol. The lowest BCUT2D eigenvalue weighted by molar-refractivity contribution is 0.826. The van der Waals surface area contributed by atoms with Crippen molar-refractivity contribution in [1.29, 1.82) is 0 Å². The van der Waals surface area contributed by atoms with E-state index in [0.717, 1.165) is 37.1 Å². The molecule has 1 aliphatic heterocycles. The van der Waals surface area contributed by atoms with Crippen LogP contribution < -0.4 is 10.2 Å². The SMILES string of the molecule is CCCCNc1cc(C)nc(N2CCCC2)n1. The van der Waals surface area contributed by atoms with E-state index in [-0.39, 0.29) is 0 Å². The average molecular weight is 234 g/mol. The highest BCUT2D eigenvalue weighted by Crippen LogP contribution is 2.18. The van der Waals surface area contributed by atoms with Crippen molar-refractivity contribution in [2.24, 2.45) is 0 Å². The lowest BCUT2D eigenvalue weighted by Crippen LogP contribution is -2.21. The topological polar surface area (TPSA) is 41.1 Å². The number of aryl methyl sites for hydroxylation is 1. The largest absolute Gasteiger partial charge is 0.370 e. The molecule has 0 saturated carbocycles. The van der Waals surface area contributed by atoms with Crippen molar-refractivity contribution in [3.63, 3.8) is 0 Å². The van der Waals surface area contributed by atoms with Crippen molar-refractivity contribution < 1.29 is 0 Å².